The van der Waals surface area contributed by atoms with Crippen molar-refractivity contribution in [3.63, 3.8) is 0 Å². The van der Waals surface area contributed by atoms with Crippen LogP contribution in [0.15, 0.2) is 24.4 Å². The van der Waals surface area contributed by atoms with E-state index < -0.39 is 5.91 Å². The Hall–Kier alpha value is -1.92. The summed E-state index contributed by atoms with van der Waals surface area (Å²) >= 11 is 0. The highest BCUT2D eigenvalue weighted by atomic mass is 16.5. The van der Waals surface area contributed by atoms with Gasteiger partial charge in [0.1, 0.15) is 5.82 Å². The number of carbonyl (C=O) groups excluding carboxylic acids is 1. The second-order valence-electron chi connectivity index (χ2n) is 7.53. The van der Waals surface area contributed by atoms with Crippen LogP contribution in [-0.2, 0) is 4.79 Å². The number of pyridine rings is 1. The second-order valence-corrected chi connectivity index (χ2v) is 7.53. The van der Waals surface area contributed by atoms with E-state index in [4.69, 9.17) is 5.21 Å². The maximum atomic E-state index is 11.0. The number of nitrogens with one attached hydrogen (secondary N) is 2. The number of amides is 1. The second kappa shape index (κ2) is 9.69. The van der Waals surface area contributed by atoms with Crippen LogP contribution in [0.25, 0.3) is 6.08 Å². The molecule has 3 rings (SSSR count). The molecule has 1 aliphatic carbocycles. The number of nitrogens with zero attached hydrogens (tertiary/aromatic N) is 2. The molecule has 1 atom stereocenters. The van der Waals surface area contributed by atoms with Gasteiger partial charge in [0, 0.05) is 37.9 Å². The first kappa shape index (κ1) is 18.9. The molecule has 0 spiro atoms. The fourth-order valence-corrected chi connectivity index (χ4v) is 4.04. The van der Waals surface area contributed by atoms with Crippen LogP contribution >= 0.6 is 0 Å². The summed E-state index contributed by atoms with van der Waals surface area (Å²) in [7, 11) is 0. The van der Waals surface area contributed by atoms with E-state index in [1.165, 1.54) is 57.7 Å². The Morgan fingerprint density at radius 1 is 1.23 bits per heavy atom. The molecule has 1 aromatic rings. The van der Waals surface area contributed by atoms with Crippen molar-refractivity contribution in [1.29, 1.82) is 0 Å². The molecule has 2 heterocycles. The van der Waals surface area contributed by atoms with Gasteiger partial charge in [-0.05, 0) is 49.0 Å². The minimum absolute atomic E-state index is 0.454. The molecule has 0 unspecified atom stereocenters. The number of hydrogen-bond donors (Lipinski definition) is 3. The van der Waals surface area contributed by atoms with Gasteiger partial charge in [-0.3, -0.25) is 10.0 Å². The molecule has 0 aromatic carbocycles. The summed E-state index contributed by atoms with van der Waals surface area (Å²) < 4.78 is 0. The number of rotatable bonds is 6. The van der Waals surface area contributed by atoms with Crippen LogP contribution in [0.2, 0.25) is 0 Å². The normalized spacial score (nSPS) is 22.4. The van der Waals surface area contributed by atoms with Gasteiger partial charge >= 0.3 is 0 Å². The lowest BCUT2D eigenvalue weighted by atomic mass is 10.00. The predicted octanol–water partition coefficient (Wildman–Crippen LogP) is 3.06. The molecule has 1 saturated carbocycles. The fourth-order valence-electron chi connectivity index (χ4n) is 4.04. The molecule has 1 aromatic heterocycles. The maximum absolute atomic E-state index is 11.0. The van der Waals surface area contributed by atoms with E-state index >= 15 is 0 Å². The van der Waals surface area contributed by atoms with Crippen molar-refractivity contribution in [1.82, 2.24) is 15.4 Å². The zero-order valence-electron chi connectivity index (χ0n) is 15.4. The third-order valence-electron chi connectivity index (χ3n) is 5.44. The van der Waals surface area contributed by atoms with Gasteiger partial charge in [-0.15, -0.1) is 0 Å². The summed E-state index contributed by atoms with van der Waals surface area (Å²) in [6, 6.07) is 4.30. The van der Waals surface area contributed by atoms with Crippen LogP contribution < -0.4 is 10.8 Å². The molecule has 6 heteroatoms. The lowest BCUT2D eigenvalue weighted by Gasteiger charge is -2.22. The van der Waals surface area contributed by atoms with Crippen LogP contribution in [0.3, 0.4) is 0 Å². The van der Waals surface area contributed by atoms with Crippen LogP contribution in [0.4, 0.5) is 5.82 Å². The molecule has 1 amide bonds. The standard InChI is InChI=1S/C20H30N4O2/c25-20(23-26)10-8-16-7-9-19(21-13-16)22-18-11-12-24(15-18)14-17-5-3-1-2-4-6-17/h7-10,13,17-18,26H,1-6,11-12,14-15H2,(H,21,22)(H,23,25)/b10-8+/t18-/m1/s1. The van der Waals surface area contributed by atoms with Crippen molar-refractivity contribution in [2.24, 2.45) is 5.92 Å². The molecule has 1 aliphatic heterocycles. The fraction of sp³-hybridized carbons (Fsp3) is 0.600. The number of anilines is 1. The van der Waals surface area contributed by atoms with Gasteiger partial charge in [-0.1, -0.05) is 25.7 Å². The van der Waals surface area contributed by atoms with Gasteiger partial charge in [0.05, 0.1) is 0 Å². The number of likely N-dealkylation sites (tertiary alicyclic amines) is 1. The van der Waals surface area contributed by atoms with Crippen molar-refractivity contribution in [2.45, 2.75) is 51.0 Å². The zero-order valence-corrected chi connectivity index (χ0v) is 15.4. The smallest absolute Gasteiger partial charge is 0.267 e. The summed E-state index contributed by atoms with van der Waals surface area (Å²) in [6.45, 7) is 3.52. The van der Waals surface area contributed by atoms with Crippen molar-refractivity contribution < 1.29 is 10.0 Å². The maximum Gasteiger partial charge on any atom is 0.267 e. The van der Waals surface area contributed by atoms with Crippen LogP contribution in [-0.4, -0.2) is 46.7 Å². The average molecular weight is 358 g/mol. The number of hydrogen-bond acceptors (Lipinski definition) is 5. The molecule has 2 fully saturated rings. The van der Waals surface area contributed by atoms with E-state index in [1.807, 2.05) is 12.1 Å². The molecule has 142 valence electrons. The van der Waals surface area contributed by atoms with Gasteiger partial charge in [0.25, 0.3) is 5.91 Å². The highest BCUT2D eigenvalue weighted by molar-refractivity contribution is 5.90. The third-order valence-corrected chi connectivity index (χ3v) is 5.44. The van der Waals surface area contributed by atoms with Crippen molar-refractivity contribution in [2.75, 3.05) is 25.0 Å². The van der Waals surface area contributed by atoms with Crippen LogP contribution in [0, 0.1) is 5.92 Å². The number of carbonyl (C=O) groups is 1. The molecule has 1 saturated heterocycles. The molecular formula is C20H30N4O2. The monoisotopic (exact) mass is 358 g/mol. The zero-order chi connectivity index (χ0) is 18.2. The lowest BCUT2D eigenvalue weighted by molar-refractivity contribution is -0.124. The van der Waals surface area contributed by atoms with E-state index in [1.54, 1.807) is 17.8 Å². The summed E-state index contributed by atoms with van der Waals surface area (Å²) in [5.41, 5.74) is 2.39. The highest BCUT2D eigenvalue weighted by Gasteiger charge is 2.25. The van der Waals surface area contributed by atoms with Gasteiger partial charge < -0.3 is 10.2 Å². The summed E-state index contributed by atoms with van der Waals surface area (Å²) in [5, 5.41) is 12.0. The van der Waals surface area contributed by atoms with E-state index in [-0.39, 0.29) is 0 Å². The topological polar surface area (TPSA) is 77.5 Å². The molecular weight excluding hydrogens is 328 g/mol. The Morgan fingerprint density at radius 2 is 2.04 bits per heavy atom. The van der Waals surface area contributed by atoms with E-state index in [0.717, 1.165) is 30.3 Å². The van der Waals surface area contributed by atoms with E-state index in [0.29, 0.717) is 6.04 Å². The van der Waals surface area contributed by atoms with Crippen molar-refractivity contribution in [3.05, 3.63) is 30.0 Å². The predicted molar refractivity (Wildman–Crippen MR) is 103 cm³/mol. The van der Waals surface area contributed by atoms with Gasteiger partial charge in [0.15, 0.2) is 0 Å². The molecule has 3 N–H and O–H groups in total. The Labute approximate surface area is 155 Å². The van der Waals surface area contributed by atoms with Crippen LogP contribution in [0.1, 0.15) is 50.5 Å². The molecule has 26 heavy (non-hydrogen) atoms. The number of hydroxylamine groups is 1. The SMILES string of the molecule is O=C(/C=C/c1ccc(N[C@@H]2CCN(CC3CCCCCC3)C2)nc1)NO. The highest BCUT2D eigenvalue weighted by Crippen LogP contribution is 2.25. The van der Waals surface area contributed by atoms with Crippen molar-refractivity contribution >= 4 is 17.8 Å². The van der Waals surface area contributed by atoms with E-state index in [9.17, 15) is 4.79 Å². The number of aromatic nitrogens is 1. The Bertz CT molecular complexity index is 594. The first-order valence-electron chi connectivity index (χ1n) is 9.80. The molecule has 0 bridgehead atoms. The first-order valence-corrected chi connectivity index (χ1v) is 9.80. The summed E-state index contributed by atoms with van der Waals surface area (Å²) in [5.74, 6) is 1.21. The Kier molecular flexibility index (Phi) is 7.03. The minimum atomic E-state index is -0.549. The summed E-state index contributed by atoms with van der Waals surface area (Å²) in [6.07, 6.45) is 14.2. The van der Waals surface area contributed by atoms with Gasteiger partial charge in [0.2, 0.25) is 0 Å². The molecule has 2 aliphatic rings. The largest absolute Gasteiger partial charge is 0.366 e. The van der Waals surface area contributed by atoms with Crippen LogP contribution in [0.5, 0.6) is 0 Å². The minimum Gasteiger partial charge on any atom is -0.366 e. The quantitative estimate of drug-likeness (QED) is 0.315. The average Bonchev–Trinajstić information content (AvgIpc) is 2.93. The third kappa shape index (κ3) is 5.81. The summed E-state index contributed by atoms with van der Waals surface area (Å²) in [4.78, 5) is 18.0. The lowest BCUT2D eigenvalue weighted by Crippen LogP contribution is -2.30. The molecule has 6 nitrogen and oxygen atoms in total. The van der Waals surface area contributed by atoms with E-state index in [2.05, 4.69) is 15.2 Å². The Morgan fingerprint density at radius 3 is 2.73 bits per heavy atom. The van der Waals surface area contributed by atoms with Gasteiger partial charge in [-0.2, -0.15) is 0 Å². The first-order chi connectivity index (χ1) is 12.7. The van der Waals surface area contributed by atoms with Crippen molar-refractivity contribution in [3.8, 4) is 0 Å². The Balaban J connectivity index is 1.44. The molecule has 0 radical (unpaired) electrons. The van der Waals surface area contributed by atoms with Gasteiger partial charge in [-0.25, -0.2) is 10.5 Å².